The Morgan fingerprint density at radius 2 is 1.85 bits per heavy atom. The molecular formula is C19H36O. The Morgan fingerprint density at radius 3 is 2.50 bits per heavy atom. The Labute approximate surface area is 126 Å². The van der Waals surface area contributed by atoms with Crippen molar-refractivity contribution in [3.05, 3.63) is 12.2 Å². The van der Waals surface area contributed by atoms with Crippen molar-refractivity contribution in [2.75, 3.05) is 0 Å². The van der Waals surface area contributed by atoms with E-state index in [1.54, 1.807) is 0 Å². The van der Waals surface area contributed by atoms with Crippen LogP contribution in [0.25, 0.3) is 0 Å². The molecule has 0 amide bonds. The van der Waals surface area contributed by atoms with Crippen molar-refractivity contribution >= 4 is 0 Å². The maximum Gasteiger partial charge on any atom is 0.0573 e. The summed E-state index contributed by atoms with van der Waals surface area (Å²) < 4.78 is 0. The highest BCUT2D eigenvalue weighted by molar-refractivity contribution is 5.02. The van der Waals surface area contributed by atoms with E-state index in [0.717, 1.165) is 18.3 Å². The van der Waals surface area contributed by atoms with Gasteiger partial charge in [0.1, 0.15) is 0 Å². The SMILES string of the molecule is CC.CC(C)C/C=C/CC1CC[C@H]2C(O)CCCC12C. The van der Waals surface area contributed by atoms with E-state index in [0.29, 0.717) is 11.3 Å². The molecule has 0 aromatic rings. The van der Waals surface area contributed by atoms with Crippen LogP contribution in [0.5, 0.6) is 0 Å². The van der Waals surface area contributed by atoms with Gasteiger partial charge >= 0.3 is 0 Å². The molecular weight excluding hydrogens is 244 g/mol. The van der Waals surface area contributed by atoms with Crippen molar-refractivity contribution in [2.24, 2.45) is 23.2 Å². The molecule has 2 saturated carbocycles. The second kappa shape index (κ2) is 8.22. The highest BCUT2D eigenvalue weighted by atomic mass is 16.3. The predicted molar refractivity (Wildman–Crippen MR) is 88.7 cm³/mol. The van der Waals surface area contributed by atoms with Crippen molar-refractivity contribution in [3.63, 3.8) is 0 Å². The molecule has 4 atom stereocenters. The molecule has 0 bridgehead atoms. The molecule has 1 heteroatoms. The van der Waals surface area contributed by atoms with Crippen LogP contribution >= 0.6 is 0 Å². The fraction of sp³-hybridized carbons (Fsp3) is 0.895. The zero-order valence-corrected chi connectivity index (χ0v) is 14.4. The maximum atomic E-state index is 10.2. The van der Waals surface area contributed by atoms with Gasteiger partial charge in [-0.15, -0.1) is 0 Å². The molecule has 2 aliphatic rings. The largest absolute Gasteiger partial charge is 0.393 e. The summed E-state index contributed by atoms with van der Waals surface area (Å²) in [4.78, 5) is 0. The second-order valence-corrected chi connectivity index (χ2v) is 7.18. The average molecular weight is 280 g/mol. The summed E-state index contributed by atoms with van der Waals surface area (Å²) >= 11 is 0. The molecule has 2 aliphatic carbocycles. The molecule has 0 radical (unpaired) electrons. The molecule has 0 saturated heterocycles. The van der Waals surface area contributed by atoms with E-state index >= 15 is 0 Å². The highest BCUT2D eigenvalue weighted by Crippen LogP contribution is 2.56. The van der Waals surface area contributed by atoms with E-state index in [4.69, 9.17) is 0 Å². The maximum absolute atomic E-state index is 10.2. The number of fused-ring (bicyclic) bond motifs is 1. The van der Waals surface area contributed by atoms with Crippen LogP contribution in [-0.4, -0.2) is 11.2 Å². The van der Waals surface area contributed by atoms with Crippen molar-refractivity contribution in [2.45, 2.75) is 85.7 Å². The van der Waals surface area contributed by atoms with Crippen molar-refractivity contribution < 1.29 is 5.11 Å². The lowest BCUT2D eigenvalue weighted by molar-refractivity contribution is -0.0163. The number of hydrogen-bond donors (Lipinski definition) is 1. The van der Waals surface area contributed by atoms with Gasteiger partial charge in [-0.3, -0.25) is 0 Å². The third-order valence-corrected chi connectivity index (χ3v) is 5.48. The lowest BCUT2D eigenvalue weighted by Gasteiger charge is -2.43. The summed E-state index contributed by atoms with van der Waals surface area (Å²) in [6.45, 7) is 11.0. The number of rotatable bonds is 4. The third kappa shape index (κ3) is 4.10. The van der Waals surface area contributed by atoms with Crippen LogP contribution in [-0.2, 0) is 0 Å². The first-order chi connectivity index (χ1) is 9.54. The minimum Gasteiger partial charge on any atom is -0.393 e. The lowest BCUT2D eigenvalue weighted by Crippen LogP contribution is -2.39. The topological polar surface area (TPSA) is 20.2 Å². The van der Waals surface area contributed by atoms with Gasteiger partial charge < -0.3 is 5.11 Å². The van der Waals surface area contributed by atoms with Crippen molar-refractivity contribution in [1.82, 2.24) is 0 Å². The molecule has 2 fully saturated rings. The van der Waals surface area contributed by atoms with Gasteiger partial charge in [0.05, 0.1) is 6.10 Å². The minimum atomic E-state index is -0.0200. The van der Waals surface area contributed by atoms with Gasteiger partial charge in [-0.2, -0.15) is 0 Å². The van der Waals surface area contributed by atoms with Crippen LogP contribution in [0, 0.1) is 23.2 Å². The summed E-state index contributed by atoms with van der Waals surface area (Å²) in [6.07, 6.45) is 13.3. The fourth-order valence-corrected chi connectivity index (χ4v) is 4.27. The van der Waals surface area contributed by atoms with Gasteiger partial charge in [0.2, 0.25) is 0 Å². The molecule has 20 heavy (non-hydrogen) atoms. The first kappa shape index (κ1) is 17.8. The summed E-state index contributed by atoms with van der Waals surface area (Å²) in [7, 11) is 0. The van der Waals surface area contributed by atoms with Gasteiger partial charge in [-0.1, -0.05) is 53.2 Å². The molecule has 0 aliphatic heterocycles. The second-order valence-electron chi connectivity index (χ2n) is 7.18. The van der Waals surface area contributed by atoms with Gasteiger partial charge in [-0.25, -0.2) is 0 Å². The molecule has 0 aromatic carbocycles. The molecule has 0 spiro atoms. The van der Waals surface area contributed by atoms with Gasteiger partial charge in [0, 0.05) is 0 Å². The van der Waals surface area contributed by atoms with E-state index in [1.165, 1.54) is 38.5 Å². The number of allylic oxidation sites excluding steroid dienone is 2. The summed E-state index contributed by atoms with van der Waals surface area (Å²) in [5, 5.41) is 10.2. The summed E-state index contributed by atoms with van der Waals surface area (Å²) in [6, 6.07) is 0. The number of aliphatic hydroxyl groups excluding tert-OH is 1. The number of aliphatic hydroxyl groups is 1. The molecule has 1 nitrogen and oxygen atoms in total. The Balaban J connectivity index is 0.000000956. The van der Waals surface area contributed by atoms with E-state index in [2.05, 4.69) is 32.9 Å². The third-order valence-electron chi connectivity index (χ3n) is 5.48. The molecule has 2 rings (SSSR count). The van der Waals surface area contributed by atoms with Gasteiger partial charge in [0.15, 0.2) is 0 Å². The van der Waals surface area contributed by atoms with Gasteiger partial charge in [-0.05, 0) is 61.7 Å². The predicted octanol–water partition coefficient (Wildman–Crippen LogP) is 5.58. The lowest BCUT2D eigenvalue weighted by atomic mass is 9.64. The smallest absolute Gasteiger partial charge is 0.0573 e. The van der Waals surface area contributed by atoms with E-state index in [1.807, 2.05) is 13.8 Å². The minimum absolute atomic E-state index is 0.0200. The Bertz CT molecular complexity index is 294. The Hall–Kier alpha value is -0.300. The van der Waals surface area contributed by atoms with E-state index < -0.39 is 0 Å². The normalized spacial score (nSPS) is 36.9. The molecule has 0 aromatic heterocycles. The summed E-state index contributed by atoms with van der Waals surface area (Å²) in [5.74, 6) is 2.15. The number of hydrogen-bond acceptors (Lipinski definition) is 1. The van der Waals surface area contributed by atoms with Crippen LogP contribution in [0.2, 0.25) is 0 Å². The first-order valence-electron chi connectivity index (χ1n) is 8.87. The van der Waals surface area contributed by atoms with Gasteiger partial charge in [0.25, 0.3) is 0 Å². The zero-order chi connectivity index (χ0) is 15.2. The fourth-order valence-electron chi connectivity index (χ4n) is 4.27. The molecule has 0 heterocycles. The Morgan fingerprint density at radius 1 is 1.15 bits per heavy atom. The molecule has 1 N–H and O–H groups in total. The quantitative estimate of drug-likeness (QED) is 0.666. The Kier molecular flexibility index (Phi) is 7.29. The zero-order valence-electron chi connectivity index (χ0n) is 14.4. The first-order valence-corrected chi connectivity index (χ1v) is 8.87. The van der Waals surface area contributed by atoms with Crippen molar-refractivity contribution in [1.29, 1.82) is 0 Å². The molecule has 118 valence electrons. The molecule has 3 unspecified atom stereocenters. The van der Waals surface area contributed by atoms with Crippen LogP contribution < -0.4 is 0 Å². The van der Waals surface area contributed by atoms with Crippen LogP contribution in [0.3, 0.4) is 0 Å². The monoisotopic (exact) mass is 280 g/mol. The van der Waals surface area contributed by atoms with E-state index in [-0.39, 0.29) is 6.10 Å². The van der Waals surface area contributed by atoms with Crippen LogP contribution in [0.1, 0.15) is 79.6 Å². The van der Waals surface area contributed by atoms with Crippen molar-refractivity contribution in [3.8, 4) is 0 Å². The highest BCUT2D eigenvalue weighted by Gasteiger charge is 2.50. The summed E-state index contributed by atoms with van der Waals surface area (Å²) in [5.41, 5.74) is 0.417. The van der Waals surface area contributed by atoms with Crippen LogP contribution in [0.4, 0.5) is 0 Å². The van der Waals surface area contributed by atoms with E-state index in [9.17, 15) is 5.11 Å². The van der Waals surface area contributed by atoms with Crippen LogP contribution in [0.15, 0.2) is 12.2 Å². The average Bonchev–Trinajstić information content (AvgIpc) is 2.75. The standard InChI is InChI=1S/C17H30O.C2H6/c1-13(2)7-4-5-8-14-10-11-15-16(18)9-6-12-17(14,15)3;1-2/h4-5,13-16,18H,6-12H2,1-3H3;1-2H3/b5-4+;/t14?,15-,16?,17?;/m0./s1.